The molecule has 506 valence electrons. The minimum atomic E-state index is -1.10. The van der Waals surface area contributed by atoms with Gasteiger partial charge < -0.3 is 44.7 Å². The minimum Gasteiger partial charge on any atom is -0.497 e. The second-order valence-corrected chi connectivity index (χ2v) is 23.1. The van der Waals surface area contributed by atoms with E-state index >= 15 is 0 Å². The Balaban J connectivity index is 0.000000195. The molecular weight excluding hydrogens is 1250 g/mol. The number of imidazole rings is 3. The SMILES string of the molecule is C.C.C#CB(C)C#C.CC[C@H]1O[C@@H](n2cnc3c(C)nc(C)nc32)[C@@H](N)C1C.CC[C@H]1O[C@@H](n2cnc3c(C)nc(C)nc32)[C@@H](N=[N+]=[N-])C1O.COc1ccc(C(Cl)(c2ccccc2)c2ccc(OC)cc2)cc1.Cc1nc(C)c2ncn([C@@H]3O[C@H](CO)C(O)[C@@H]3N=[N+]=[N-])c2n1. The first-order valence-electron chi connectivity index (χ1n) is 30.4. The Labute approximate surface area is 564 Å². The molecule has 0 saturated carbocycles. The van der Waals surface area contributed by atoms with E-state index in [1.165, 1.54) is 6.33 Å². The van der Waals surface area contributed by atoms with Crippen molar-refractivity contribution in [1.82, 2.24) is 58.6 Å². The molecule has 0 amide bonds. The first kappa shape index (κ1) is 75.8. The molecule has 3 saturated heterocycles. The number of rotatable bonds is 13. The van der Waals surface area contributed by atoms with Gasteiger partial charge in [0.05, 0.1) is 87.3 Å². The number of benzene rings is 3. The Bertz CT molecular complexity index is 4040. The van der Waals surface area contributed by atoms with Gasteiger partial charge in [0.25, 0.3) is 0 Å². The number of hydrogen-bond acceptors (Lipinski definition) is 20. The number of aromatic nitrogens is 12. The van der Waals surface area contributed by atoms with Gasteiger partial charge in [-0.2, -0.15) is 0 Å². The van der Waals surface area contributed by atoms with E-state index in [1.807, 2.05) is 118 Å². The van der Waals surface area contributed by atoms with Crippen LogP contribution >= 0.6 is 11.6 Å². The highest BCUT2D eigenvalue weighted by molar-refractivity contribution is 6.74. The topological polar surface area (TPSA) is 361 Å². The second kappa shape index (κ2) is 33.9. The van der Waals surface area contributed by atoms with Crippen LogP contribution in [-0.4, -0.2) is 150 Å². The number of fused-ring (bicyclic) bond motifs is 3. The molecule has 0 bridgehead atoms. The van der Waals surface area contributed by atoms with E-state index in [0.29, 0.717) is 46.3 Å². The van der Waals surface area contributed by atoms with Gasteiger partial charge in [0, 0.05) is 15.7 Å². The standard InChI is InChI=1S/C21H19ClO2.C14H21N5O.C13H17N7O2.C12H15N7O3.C5H5B.2CH4/c1-23-19-12-8-17(9-13-19)21(22,16-6-4-3-5-7-16)18-10-14-20(24-2)15-11-18;1-5-10-7(2)11(15)14(20-10)19-6-16-12-8(3)17-9(4)18-13(12)19;1-4-8-11(21)10(18-19-14)13(22-8)20-5-15-9-6(2)16-7(3)17-12(9)20;1-5-8-11(16-6(2)15-5)19(4-14-8)12-9(17-18-13)10(21)7(3-20)22-12;1-4-6(3)5-2;;/h3-15H,1-2H3;6-7,10-11,14H,5,15H2,1-4H3;5,8,10-11,13,21H,4H2,1-3H3;4,7,9-10,12,20-21H,3H2,1-2H3;1-2H,3H3;2*1H4/t;7?,10-,11+,14-;8-,10+,11?,13-;7-,9+,10?,12-;;;/m.111.../s1. The predicted molar refractivity (Wildman–Crippen MR) is 370 cm³/mol. The third-order valence-corrected chi connectivity index (χ3v) is 17.1. The zero-order valence-electron chi connectivity index (χ0n) is 54.4. The van der Waals surface area contributed by atoms with Crippen molar-refractivity contribution < 1.29 is 39.0 Å². The summed E-state index contributed by atoms with van der Waals surface area (Å²) in [4.78, 5) is 43.9. The molecule has 0 aliphatic carbocycles. The van der Waals surface area contributed by atoms with Crippen LogP contribution in [0.2, 0.25) is 6.82 Å². The summed E-state index contributed by atoms with van der Waals surface area (Å²) in [5.41, 5.74) is 33.2. The molecule has 3 aromatic carbocycles. The summed E-state index contributed by atoms with van der Waals surface area (Å²) in [6.45, 7) is 18.7. The van der Waals surface area contributed by atoms with E-state index in [2.05, 4.69) is 90.4 Å². The Kier molecular flexibility index (Phi) is 26.8. The maximum atomic E-state index is 10.3. The van der Waals surface area contributed by atoms with Gasteiger partial charge >= 0.3 is 6.71 Å². The van der Waals surface area contributed by atoms with E-state index < -0.39 is 47.7 Å². The van der Waals surface area contributed by atoms with Crippen molar-refractivity contribution in [3.8, 4) is 36.0 Å². The highest BCUT2D eigenvalue weighted by atomic mass is 35.5. The molecule has 3 fully saturated rings. The van der Waals surface area contributed by atoms with Crippen molar-refractivity contribution in [3.05, 3.63) is 170 Å². The van der Waals surface area contributed by atoms with Crippen LogP contribution in [0.4, 0.5) is 0 Å². The molecule has 0 spiro atoms. The molecule has 3 aliphatic rings. The largest absolute Gasteiger partial charge is 0.497 e. The number of terminal acetylenes is 2. The van der Waals surface area contributed by atoms with Crippen molar-refractivity contribution in [3.63, 3.8) is 0 Å². The summed E-state index contributed by atoms with van der Waals surface area (Å²) in [7, 11) is 3.31. The molecule has 3 aliphatic heterocycles. The number of nitrogens with two attached hydrogens (primary N) is 1. The number of methoxy groups -OCH3 is 2. The molecule has 0 radical (unpaired) electrons. The first-order chi connectivity index (χ1) is 45.1. The monoisotopic (exact) mass is 1330 g/mol. The normalized spacial score (nSPS) is 22.2. The van der Waals surface area contributed by atoms with Gasteiger partial charge in [-0.3, -0.25) is 13.7 Å². The zero-order chi connectivity index (χ0) is 68.1. The lowest BCUT2D eigenvalue weighted by atomic mass is 9.55. The summed E-state index contributed by atoms with van der Waals surface area (Å²) in [6.07, 6.45) is 11.6. The zero-order valence-corrected chi connectivity index (χ0v) is 55.2. The van der Waals surface area contributed by atoms with Crippen LogP contribution < -0.4 is 15.2 Å². The fourth-order valence-electron chi connectivity index (χ4n) is 11.4. The maximum absolute atomic E-state index is 10.3. The van der Waals surface area contributed by atoms with Crippen LogP contribution in [0.15, 0.2) is 108 Å². The van der Waals surface area contributed by atoms with E-state index in [-0.39, 0.29) is 52.7 Å². The number of ether oxygens (including phenoxy) is 5. The van der Waals surface area contributed by atoms with E-state index in [1.54, 1.807) is 56.7 Å². The summed E-state index contributed by atoms with van der Waals surface area (Å²) < 4.78 is 33.4. The minimum absolute atomic E-state index is 0. The molecular formula is C67H85BClN19O8. The lowest BCUT2D eigenvalue weighted by Gasteiger charge is -2.29. The van der Waals surface area contributed by atoms with Crippen molar-refractivity contribution in [2.75, 3.05) is 20.8 Å². The lowest BCUT2D eigenvalue weighted by molar-refractivity contribution is -0.0437. The summed E-state index contributed by atoms with van der Waals surface area (Å²) in [5, 5.41) is 37.0. The number of halogens is 1. The smallest absolute Gasteiger partial charge is 0.311 e. The molecule has 5 N–H and O–H groups in total. The Morgan fingerprint density at radius 1 is 0.604 bits per heavy atom. The third-order valence-electron chi connectivity index (χ3n) is 16.5. The Morgan fingerprint density at radius 3 is 1.29 bits per heavy atom. The number of aliphatic hydroxyl groups excluding tert-OH is 3. The highest BCUT2D eigenvalue weighted by Gasteiger charge is 2.46. The number of aryl methyl sites for hydroxylation is 6. The van der Waals surface area contributed by atoms with Gasteiger partial charge in [-0.1, -0.05) is 107 Å². The third kappa shape index (κ3) is 16.2. The van der Waals surface area contributed by atoms with Crippen molar-refractivity contribution in [2.45, 2.75) is 169 Å². The first-order valence-corrected chi connectivity index (χ1v) is 30.8. The van der Waals surface area contributed by atoms with Gasteiger partial charge in [-0.05, 0) is 106 Å². The van der Waals surface area contributed by atoms with E-state index in [4.69, 9.17) is 64.9 Å². The van der Waals surface area contributed by atoms with Crippen LogP contribution in [0.3, 0.4) is 0 Å². The van der Waals surface area contributed by atoms with Crippen LogP contribution in [0, 0.1) is 71.9 Å². The fraction of sp³-hybridized carbons (Fsp3) is 0.448. The Hall–Kier alpha value is -9.28. The molecule has 27 nitrogen and oxygen atoms in total. The van der Waals surface area contributed by atoms with Crippen molar-refractivity contribution in [1.29, 1.82) is 0 Å². The highest BCUT2D eigenvalue weighted by Crippen LogP contribution is 2.44. The summed E-state index contributed by atoms with van der Waals surface area (Å²) >= 11 is 7.22. The summed E-state index contributed by atoms with van der Waals surface area (Å²) in [6, 6.07) is 24.2. The number of aliphatic hydroxyl groups is 3. The molecule has 3 unspecified atom stereocenters. The van der Waals surface area contributed by atoms with Crippen molar-refractivity contribution >= 4 is 51.8 Å². The average molecular weight is 1330 g/mol. The van der Waals surface area contributed by atoms with E-state index in [0.717, 1.165) is 68.7 Å². The fourth-order valence-corrected chi connectivity index (χ4v) is 11.8. The average Bonchev–Trinajstić information content (AvgIpc) is 1.08. The van der Waals surface area contributed by atoms with Crippen LogP contribution in [0.5, 0.6) is 11.5 Å². The van der Waals surface area contributed by atoms with E-state index in [9.17, 15) is 15.3 Å². The molecule has 9 heterocycles. The molecule has 29 heteroatoms. The van der Waals surface area contributed by atoms with Crippen molar-refractivity contribution in [2.24, 2.45) is 21.9 Å². The summed E-state index contributed by atoms with van der Waals surface area (Å²) in [5.74, 6) is 8.63. The predicted octanol–water partition coefficient (Wildman–Crippen LogP) is 10.8. The quantitative estimate of drug-likeness (QED) is 0.0158. The molecule has 9 aromatic rings. The van der Waals surface area contributed by atoms with Gasteiger partial charge in [0.2, 0.25) is 0 Å². The number of azide groups is 2. The molecule has 12 atom stereocenters. The van der Waals surface area contributed by atoms with Crippen LogP contribution in [-0.2, 0) is 19.1 Å². The van der Waals surface area contributed by atoms with Gasteiger partial charge in [0.1, 0.15) is 81.0 Å². The molecule has 6 aromatic heterocycles. The van der Waals surface area contributed by atoms with Gasteiger partial charge in [0.15, 0.2) is 23.2 Å². The van der Waals surface area contributed by atoms with Crippen LogP contribution in [0.25, 0.3) is 54.4 Å². The molecule has 12 rings (SSSR count). The Morgan fingerprint density at radius 2 is 0.958 bits per heavy atom. The second-order valence-electron chi connectivity index (χ2n) is 22.6. The number of alkyl halides is 1. The van der Waals surface area contributed by atoms with Crippen LogP contribution in [0.1, 0.15) is 118 Å². The lowest BCUT2D eigenvalue weighted by Crippen LogP contribution is -2.33. The van der Waals surface area contributed by atoms with Gasteiger partial charge in [-0.25, -0.2) is 44.9 Å². The number of nitrogens with zero attached hydrogens (tertiary/aromatic N) is 18. The molecule has 96 heavy (non-hydrogen) atoms. The maximum Gasteiger partial charge on any atom is 0.311 e. The van der Waals surface area contributed by atoms with Gasteiger partial charge in [-0.15, -0.1) is 36.1 Å². The number of hydrogen-bond donors (Lipinski definition) is 4.